The van der Waals surface area contributed by atoms with Gasteiger partial charge < -0.3 is 0 Å². The van der Waals surface area contributed by atoms with Crippen LogP contribution in [0, 0.1) is 0 Å². The molecular formula is C44H28N2S. The molecule has 9 aromatic rings. The molecule has 9 rings (SSSR count). The van der Waals surface area contributed by atoms with Gasteiger partial charge in [0.05, 0.1) is 11.2 Å². The minimum atomic E-state index is 0.728. The Morgan fingerprint density at radius 2 is 0.936 bits per heavy atom. The van der Waals surface area contributed by atoms with Crippen molar-refractivity contribution < 1.29 is 0 Å². The maximum absolute atomic E-state index is 5.32. The molecule has 0 bridgehead atoms. The highest BCUT2D eigenvalue weighted by Crippen LogP contribution is 2.41. The van der Waals surface area contributed by atoms with Gasteiger partial charge in [-0.25, -0.2) is 9.97 Å². The monoisotopic (exact) mass is 616 g/mol. The lowest BCUT2D eigenvalue weighted by Crippen LogP contribution is -1.96. The van der Waals surface area contributed by atoms with Crippen LogP contribution in [0.5, 0.6) is 0 Å². The smallest absolute Gasteiger partial charge is 0.160 e. The quantitative estimate of drug-likeness (QED) is 0.192. The van der Waals surface area contributed by atoms with Gasteiger partial charge in [0.1, 0.15) is 0 Å². The molecule has 0 N–H and O–H groups in total. The Morgan fingerprint density at radius 1 is 0.362 bits per heavy atom. The zero-order valence-corrected chi connectivity index (χ0v) is 26.3. The maximum atomic E-state index is 5.32. The standard InChI is InChI=1S/C44H28N2S/c1-3-13-29(14-4-1)35-21-7-8-22-36(35)33-19-11-17-31(27-33)32-18-12-20-34(28-32)44-45-42(30-15-5-2-6-16-30)38-25-26-40-41(43(38)46-44)37-23-9-10-24-39(37)47-40/h1-28H. The molecule has 2 aromatic heterocycles. The Hall–Kier alpha value is -5.90. The maximum Gasteiger partial charge on any atom is 0.160 e. The third-order valence-electron chi connectivity index (χ3n) is 8.89. The number of nitrogens with zero attached hydrogens (tertiary/aromatic N) is 2. The molecule has 2 nitrogen and oxygen atoms in total. The van der Waals surface area contributed by atoms with Gasteiger partial charge in [0.15, 0.2) is 5.82 Å². The molecule has 0 unspecified atom stereocenters. The summed E-state index contributed by atoms with van der Waals surface area (Å²) in [5.74, 6) is 0.728. The number of benzene rings is 7. The fourth-order valence-electron chi connectivity index (χ4n) is 6.66. The second-order valence-electron chi connectivity index (χ2n) is 11.8. The van der Waals surface area contributed by atoms with Crippen LogP contribution >= 0.6 is 11.3 Å². The Kier molecular flexibility index (Phi) is 6.69. The van der Waals surface area contributed by atoms with Crippen molar-refractivity contribution in [3.05, 3.63) is 170 Å². The highest BCUT2D eigenvalue weighted by molar-refractivity contribution is 7.26. The topological polar surface area (TPSA) is 25.8 Å². The molecule has 7 aromatic carbocycles. The van der Waals surface area contributed by atoms with Crippen molar-refractivity contribution in [1.29, 1.82) is 0 Å². The Bertz CT molecular complexity index is 2570. The van der Waals surface area contributed by atoms with Gasteiger partial charge in [0.25, 0.3) is 0 Å². The highest BCUT2D eigenvalue weighted by Gasteiger charge is 2.17. The van der Waals surface area contributed by atoms with Crippen LogP contribution in [0.4, 0.5) is 0 Å². The second kappa shape index (κ2) is 11.5. The second-order valence-corrected chi connectivity index (χ2v) is 12.9. The van der Waals surface area contributed by atoms with Crippen LogP contribution in [0.25, 0.3) is 87.1 Å². The zero-order valence-electron chi connectivity index (χ0n) is 25.5. The fraction of sp³-hybridized carbons (Fsp3) is 0. The molecule has 47 heavy (non-hydrogen) atoms. The molecule has 0 aliphatic rings. The Labute approximate surface area is 277 Å². The average Bonchev–Trinajstić information content (AvgIpc) is 3.55. The van der Waals surface area contributed by atoms with E-state index >= 15 is 0 Å². The van der Waals surface area contributed by atoms with E-state index in [0.29, 0.717) is 0 Å². The molecular weight excluding hydrogens is 589 g/mol. The zero-order chi connectivity index (χ0) is 31.2. The number of hydrogen-bond acceptors (Lipinski definition) is 3. The number of hydrogen-bond donors (Lipinski definition) is 0. The molecule has 0 fully saturated rings. The van der Waals surface area contributed by atoms with Crippen molar-refractivity contribution in [2.45, 2.75) is 0 Å². The molecule has 0 amide bonds. The summed E-state index contributed by atoms with van der Waals surface area (Å²) in [5.41, 5.74) is 11.2. The van der Waals surface area contributed by atoms with Gasteiger partial charge in [-0.05, 0) is 63.7 Å². The van der Waals surface area contributed by atoms with Crippen molar-refractivity contribution >= 4 is 42.4 Å². The van der Waals surface area contributed by atoms with E-state index < -0.39 is 0 Å². The predicted molar refractivity (Wildman–Crippen MR) is 200 cm³/mol. The molecule has 0 atom stereocenters. The van der Waals surface area contributed by atoms with Crippen LogP contribution in [-0.2, 0) is 0 Å². The molecule has 220 valence electrons. The normalized spacial score (nSPS) is 11.4. The minimum Gasteiger partial charge on any atom is -0.227 e. The van der Waals surface area contributed by atoms with Crippen molar-refractivity contribution in [2.75, 3.05) is 0 Å². The largest absolute Gasteiger partial charge is 0.227 e. The van der Waals surface area contributed by atoms with Gasteiger partial charge in [0, 0.05) is 36.7 Å². The average molecular weight is 617 g/mol. The minimum absolute atomic E-state index is 0.728. The fourth-order valence-corrected chi connectivity index (χ4v) is 7.76. The van der Waals surface area contributed by atoms with Crippen LogP contribution in [0.2, 0.25) is 0 Å². The predicted octanol–water partition coefficient (Wildman–Crippen LogP) is 12.3. The van der Waals surface area contributed by atoms with Gasteiger partial charge in [-0.2, -0.15) is 0 Å². The summed E-state index contributed by atoms with van der Waals surface area (Å²) in [5, 5.41) is 3.50. The number of thiophene rings is 1. The van der Waals surface area contributed by atoms with Crippen molar-refractivity contribution in [2.24, 2.45) is 0 Å². The lowest BCUT2D eigenvalue weighted by atomic mass is 9.92. The summed E-state index contributed by atoms with van der Waals surface area (Å²) < 4.78 is 2.51. The molecule has 0 aliphatic heterocycles. The van der Waals surface area contributed by atoms with E-state index in [-0.39, 0.29) is 0 Å². The first-order valence-corrected chi connectivity index (χ1v) is 16.6. The van der Waals surface area contributed by atoms with Crippen molar-refractivity contribution in [1.82, 2.24) is 9.97 Å². The highest BCUT2D eigenvalue weighted by atomic mass is 32.1. The molecule has 0 radical (unpaired) electrons. The van der Waals surface area contributed by atoms with Crippen LogP contribution in [0.1, 0.15) is 0 Å². The number of rotatable bonds is 5. The Balaban J connectivity index is 1.21. The first-order valence-electron chi connectivity index (χ1n) is 15.8. The number of aromatic nitrogens is 2. The van der Waals surface area contributed by atoms with E-state index in [1.807, 2.05) is 17.4 Å². The summed E-state index contributed by atoms with van der Waals surface area (Å²) >= 11 is 1.82. The lowest BCUT2D eigenvalue weighted by molar-refractivity contribution is 1.23. The molecule has 2 heterocycles. The van der Waals surface area contributed by atoms with Gasteiger partial charge in [-0.15, -0.1) is 11.3 Å². The van der Waals surface area contributed by atoms with Gasteiger partial charge >= 0.3 is 0 Å². The lowest BCUT2D eigenvalue weighted by Gasteiger charge is -2.13. The van der Waals surface area contributed by atoms with Gasteiger partial charge in [0.2, 0.25) is 0 Å². The van der Waals surface area contributed by atoms with Crippen LogP contribution < -0.4 is 0 Å². The molecule has 0 spiro atoms. The van der Waals surface area contributed by atoms with Crippen LogP contribution in [0.15, 0.2) is 170 Å². The van der Waals surface area contributed by atoms with Crippen LogP contribution in [0.3, 0.4) is 0 Å². The SMILES string of the molecule is c1ccc(-c2ccccc2-c2cccc(-c3cccc(-c4nc(-c5ccccc5)c5ccc6sc7ccccc7c6c5n4)c3)c2)cc1. The van der Waals surface area contributed by atoms with Gasteiger partial charge in [-0.1, -0.05) is 140 Å². The van der Waals surface area contributed by atoms with Crippen LogP contribution in [-0.4, -0.2) is 9.97 Å². The Morgan fingerprint density at radius 3 is 1.70 bits per heavy atom. The summed E-state index contributed by atoms with van der Waals surface area (Å²) in [4.78, 5) is 10.6. The molecule has 0 aliphatic carbocycles. The van der Waals surface area contributed by atoms with E-state index in [1.54, 1.807) is 0 Å². The van der Waals surface area contributed by atoms with Crippen molar-refractivity contribution in [3.8, 4) is 56.0 Å². The third-order valence-corrected chi connectivity index (χ3v) is 10.0. The number of fused-ring (bicyclic) bond motifs is 5. The third kappa shape index (κ3) is 4.89. The first kappa shape index (κ1) is 27.4. The molecule has 3 heteroatoms. The van der Waals surface area contributed by atoms with Gasteiger partial charge in [-0.3, -0.25) is 0 Å². The summed E-state index contributed by atoms with van der Waals surface area (Å²) in [6.07, 6.45) is 0. The summed E-state index contributed by atoms with van der Waals surface area (Å²) in [7, 11) is 0. The van der Waals surface area contributed by atoms with E-state index in [9.17, 15) is 0 Å². The molecule has 0 saturated carbocycles. The van der Waals surface area contributed by atoms with E-state index in [0.717, 1.165) is 44.7 Å². The van der Waals surface area contributed by atoms with E-state index in [4.69, 9.17) is 9.97 Å². The first-order chi connectivity index (χ1) is 23.3. The molecule has 0 saturated heterocycles. The summed E-state index contributed by atoms with van der Waals surface area (Å²) in [6.45, 7) is 0. The van der Waals surface area contributed by atoms with E-state index in [1.165, 1.54) is 42.4 Å². The van der Waals surface area contributed by atoms with E-state index in [2.05, 4.69) is 164 Å². The van der Waals surface area contributed by atoms with Crippen molar-refractivity contribution in [3.63, 3.8) is 0 Å². The summed E-state index contributed by atoms with van der Waals surface area (Å²) in [6, 6.07) is 60.2.